The molecule has 0 aromatic heterocycles. The summed E-state index contributed by atoms with van der Waals surface area (Å²) in [7, 11) is 0. The maximum absolute atomic E-state index is 13.5. The molecule has 0 saturated carbocycles. The van der Waals surface area contributed by atoms with Crippen molar-refractivity contribution in [2.45, 2.75) is 22.9 Å². The lowest BCUT2D eigenvalue weighted by Crippen LogP contribution is -2.30. The van der Waals surface area contributed by atoms with Gasteiger partial charge in [-0.25, -0.2) is 14.2 Å². The van der Waals surface area contributed by atoms with Crippen LogP contribution in [0.15, 0.2) is 82.8 Å². The van der Waals surface area contributed by atoms with Gasteiger partial charge in [-0.3, -0.25) is 0 Å². The number of amides is 2. The second-order valence-electron chi connectivity index (χ2n) is 7.58. The zero-order valence-corrected chi connectivity index (χ0v) is 19.0. The van der Waals surface area contributed by atoms with Crippen LogP contribution in [0.5, 0.6) is 5.75 Å². The molecule has 3 aromatic carbocycles. The van der Waals surface area contributed by atoms with Crippen molar-refractivity contribution in [3.05, 3.63) is 89.7 Å². The normalized spacial score (nSPS) is 15.7. The van der Waals surface area contributed by atoms with E-state index in [1.165, 1.54) is 60.7 Å². The molecule has 36 heavy (non-hydrogen) atoms. The van der Waals surface area contributed by atoms with E-state index in [9.17, 15) is 31.1 Å². The zero-order chi connectivity index (χ0) is 25.9. The van der Waals surface area contributed by atoms with Gasteiger partial charge in [-0.15, -0.1) is 0 Å². The quantitative estimate of drug-likeness (QED) is 0.277. The van der Waals surface area contributed by atoms with Crippen molar-refractivity contribution in [1.82, 2.24) is 5.01 Å². The molecule has 1 N–H and O–H groups in total. The highest BCUT2D eigenvalue weighted by molar-refractivity contribution is 8.00. The highest BCUT2D eigenvalue weighted by Crippen LogP contribution is 2.37. The van der Waals surface area contributed by atoms with Gasteiger partial charge in [0.05, 0.1) is 12.3 Å². The summed E-state index contributed by atoms with van der Waals surface area (Å²) in [5.41, 5.74) is -2.51. The van der Waals surface area contributed by atoms with Crippen LogP contribution in [0.2, 0.25) is 0 Å². The second kappa shape index (κ2) is 10.5. The summed E-state index contributed by atoms with van der Waals surface area (Å²) in [4.78, 5) is 12.8. The molecule has 4 rings (SSSR count). The van der Waals surface area contributed by atoms with E-state index in [2.05, 4.69) is 15.2 Å². The Kier molecular flexibility index (Phi) is 7.43. The third-order valence-corrected chi connectivity index (χ3v) is 5.87. The smallest absolute Gasteiger partial charge is 0.435 e. The predicted molar refractivity (Wildman–Crippen MR) is 123 cm³/mol. The molecule has 0 saturated heterocycles. The fourth-order valence-corrected chi connectivity index (χ4v) is 4.12. The lowest BCUT2D eigenvalue weighted by atomic mass is 9.90. The molecular formula is C24H17F6N3O2S. The van der Waals surface area contributed by atoms with Crippen molar-refractivity contribution < 1.29 is 35.9 Å². The van der Waals surface area contributed by atoms with Gasteiger partial charge in [0.25, 0.3) is 0 Å². The fraction of sp³-hybridized carbons (Fsp3) is 0.167. The van der Waals surface area contributed by atoms with Gasteiger partial charge in [0.15, 0.2) is 0 Å². The Labute approximate surface area is 205 Å². The van der Waals surface area contributed by atoms with Crippen LogP contribution in [0.4, 0.5) is 36.8 Å². The molecule has 1 heterocycles. The Balaban J connectivity index is 1.55. The summed E-state index contributed by atoms with van der Waals surface area (Å²) in [5, 5.41) is 8.12. The highest BCUT2D eigenvalue weighted by atomic mass is 32.2. The van der Waals surface area contributed by atoms with Crippen LogP contribution in [-0.4, -0.2) is 35.4 Å². The van der Waals surface area contributed by atoms with Crippen LogP contribution in [0.1, 0.15) is 17.0 Å². The van der Waals surface area contributed by atoms with Crippen LogP contribution in [-0.2, 0) is 0 Å². The first-order valence-corrected chi connectivity index (χ1v) is 11.2. The number of thioether (sulfide) groups is 1. The SMILES string of the molecule is O=C(Nc1ccc(SC(F)(F)F)cc1)N1CC(c2ccc(F)cc2)C(c2ccc(OC(F)F)cc2)=N1. The Hall–Kier alpha value is -3.67. The molecular weight excluding hydrogens is 508 g/mol. The maximum Gasteiger partial charge on any atom is 0.446 e. The molecule has 0 fully saturated rings. The number of carbonyl (C=O) groups is 1. The van der Waals surface area contributed by atoms with Crippen molar-refractivity contribution in [3.8, 4) is 5.75 Å². The summed E-state index contributed by atoms with van der Waals surface area (Å²) in [6.45, 7) is -2.89. The number of rotatable bonds is 6. The molecule has 0 radical (unpaired) electrons. The number of carbonyl (C=O) groups excluding carboxylic acids is 1. The van der Waals surface area contributed by atoms with Gasteiger partial charge in [0.1, 0.15) is 11.6 Å². The average molecular weight is 525 g/mol. The van der Waals surface area contributed by atoms with Crippen LogP contribution in [0.25, 0.3) is 0 Å². The Bertz CT molecular complexity index is 1230. The predicted octanol–water partition coefficient (Wildman–Crippen LogP) is 7.07. The third-order valence-electron chi connectivity index (χ3n) is 5.14. The summed E-state index contributed by atoms with van der Waals surface area (Å²) in [6, 6.07) is 15.9. The van der Waals surface area contributed by atoms with Gasteiger partial charge in [-0.1, -0.05) is 12.1 Å². The number of alkyl halides is 5. The molecule has 188 valence electrons. The number of halogens is 6. The van der Waals surface area contributed by atoms with Crippen LogP contribution in [0.3, 0.4) is 0 Å². The van der Waals surface area contributed by atoms with Gasteiger partial charge in [-0.05, 0) is 83.6 Å². The van der Waals surface area contributed by atoms with Gasteiger partial charge in [0, 0.05) is 16.5 Å². The molecule has 0 spiro atoms. The van der Waals surface area contributed by atoms with E-state index < -0.39 is 29.9 Å². The highest BCUT2D eigenvalue weighted by Gasteiger charge is 2.33. The van der Waals surface area contributed by atoms with Crippen molar-refractivity contribution in [2.24, 2.45) is 5.10 Å². The summed E-state index contributed by atoms with van der Waals surface area (Å²) in [6.07, 6.45) is 0. The minimum absolute atomic E-state index is 0.0300. The van der Waals surface area contributed by atoms with E-state index in [0.717, 1.165) is 5.01 Å². The molecule has 1 unspecified atom stereocenters. The summed E-state index contributed by atoms with van der Waals surface area (Å²) in [5.74, 6) is -0.943. The van der Waals surface area contributed by atoms with Gasteiger partial charge in [0.2, 0.25) is 0 Å². The summed E-state index contributed by atoms with van der Waals surface area (Å²) >= 11 is -0.268. The lowest BCUT2D eigenvalue weighted by Gasteiger charge is -2.16. The standard InChI is InChI=1S/C24H17F6N3O2S/c25-16-5-1-14(2-6-16)20-13-33(32-21(20)15-3-9-18(10-4-15)35-22(26)27)23(34)31-17-7-11-19(12-8-17)36-24(28,29)30/h1-12,20,22H,13H2,(H,31,34). The van der Waals surface area contributed by atoms with Crippen LogP contribution < -0.4 is 10.1 Å². The number of benzene rings is 3. The van der Waals surface area contributed by atoms with Crippen LogP contribution >= 0.6 is 11.8 Å². The van der Waals surface area contributed by atoms with E-state index in [-0.39, 0.29) is 34.6 Å². The van der Waals surface area contributed by atoms with Gasteiger partial charge >= 0.3 is 18.2 Å². The number of hydrazone groups is 1. The van der Waals surface area contributed by atoms with Crippen molar-refractivity contribution in [3.63, 3.8) is 0 Å². The van der Waals surface area contributed by atoms with Gasteiger partial charge in [-0.2, -0.15) is 27.1 Å². The fourth-order valence-electron chi connectivity index (χ4n) is 3.58. The Morgan fingerprint density at radius 2 is 1.64 bits per heavy atom. The third kappa shape index (κ3) is 6.51. The molecule has 0 aliphatic carbocycles. The first-order valence-electron chi connectivity index (χ1n) is 10.4. The Morgan fingerprint density at radius 3 is 2.22 bits per heavy atom. The van der Waals surface area contributed by atoms with Crippen LogP contribution in [0, 0.1) is 5.82 Å². The number of hydrogen-bond donors (Lipinski definition) is 1. The molecule has 5 nitrogen and oxygen atoms in total. The summed E-state index contributed by atoms with van der Waals surface area (Å²) < 4.78 is 80.3. The van der Waals surface area contributed by atoms with E-state index in [1.54, 1.807) is 12.1 Å². The molecule has 1 aliphatic rings. The molecule has 2 amide bonds. The zero-order valence-electron chi connectivity index (χ0n) is 18.2. The molecule has 1 aliphatic heterocycles. The van der Waals surface area contributed by atoms with Crippen molar-refractivity contribution in [2.75, 3.05) is 11.9 Å². The minimum atomic E-state index is -4.43. The van der Waals surface area contributed by atoms with E-state index in [0.29, 0.717) is 16.8 Å². The largest absolute Gasteiger partial charge is 0.446 e. The topological polar surface area (TPSA) is 53.9 Å². The molecule has 12 heteroatoms. The average Bonchev–Trinajstić information content (AvgIpc) is 3.26. The number of urea groups is 1. The first kappa shape index (κ1) is 25.4. The monoisotopic (exact) mass is 525 g/mol. The molecule has 0 bridgehead atoms. The minimum Gasteiger partial charge on any atom is -0.435 e. The van der Waals surface area contributed by atoms with E-state index >= 15 is 0 Å². The number of nitrogens with zero attached hydrogens (tertiary/aromatic N) is 2. The number of nitrogens with one attached hydrogen (secondary N) is 1. The second-order valence-corrected chi connectivity index (χ2v) is 8.72. The number of hydrogen-bond acceptors (Lipinski definition) is 4. The first-order chi connectivity index (χ1) is 17.1. The van der Waals surface area contributed by atoms with E-state index in [4.69, 9.17) is 0 Å². The Morgan fingerprint density at radius 1 is 1.00 bits per heavy atom. The lowest BCUT2D eigenvalue weighted by molar-refractivity contribution is -0.0498. The van der Waals surface area contributed by atoms with E-state index in [1.807, 2.05) is 0 Å². The van der Waals surface area contributed by atoms with Crippen molar-refractivity contribution >= 4 is 29.2 Å². The maximum atomic E-state index is 13.5. The van der Waals surface area contributed by atoms with Gasteiger partial charge < -0.3 is 10.1 Å². The number of anilines is 1. The number of ether oxygens (including phenoxy) is 1. The van der Waals surface area contributed by atoms with Crippen molar-refractivity contribution in [1.29, 1.82) is 0 Å². The molecule has 1 atom stereocenters. The molecule has 3 aromatic rings.